The van der Waals surface area contributed by atoms with E-state index in [4.69, 9.17) is 4.74 Å². The Labute approximate surface area is 111 Å². The molecule has 0 aliphatic heterocycles. The van der Waals surface area contributed by atoms with E-state index in [0.717, 1.165) is 38.2 Å². The van der Waals surface area contributed by atoms with E-state index < -0.39 is 0 Å². The summed E-state index contributed by atoms with van der Waals surface area (Å²) in [4.78, 5) is 0. The van der Waals surface area contributed by atoms with Gasteiger partial charge in [-0.15, -0.1) is 0 Å². The molecule has 0 fully saturated rings. The first-order valence-electron chi connectivity index (χ1n) is 7.00. The maximum absolute atomic E-state index is 5.40. The van der Waals surface area contributed by atoms with Crippen molar-refractivity contribution in [2.75, 3.05) is 20.3 Å². The molecule has 0 saturated heterocycles. The van der Waals surface area contributed by atoms with E-state index in [-0.39, 0.29) is 0 Å². The van der Waals surface area contributed by atoms with Crippen molar-refractivity contribution in [3.8, 4) is 0 Å². The molecule has 4 nitrogen and oxygen atoms in total. The Morgan fingerprint density at radius 2 is 2.22 bits per heavy atom. The van der Waals surface area contributed by atoms with Gasteiger partial charge in [0.05, 0.1) is 5.69 Å². The van der Waals surface area contributed by atoms with Crippen LogP contribution >= 0.6 is 0 Å². The Balaban J connectivity index is 2.46. The highest BCUT2D eigenvalue weighted by Crippen LogP contribution is 2.11. The van der Waals surface area contributed by atoms with E-state index in [1.54, 1.807) is 0 Å². The van der Waals surface area contributed by atoms with E-state index in [1.165, 1.54) is 0 Å². The fourth-order valence-corrected chi connectivity index (χ4v) is 1.89. The van der Waals surface area contributed by atoms with Crippen LogP contribution < -0.4 is 5.32 Å². The van der Waals surface area contributed by atoms with Crippen LogP contribution in [0, 0.1) is 0 Å². The van der Waals surface area contributed by atoms with Gasteiger partial charge in [-0.3, -0.25) is 4.68 Å². The smallest absolute Gasteiger partial charge is 0.0640 e. The van der Waals surface area contributed by atoms with Crippen LogP contribution in [-0.4, -0.2) is 36.1 Å². The zero-order valence-corrected chi connectivity index (χ0v) is 12.1. The minimum atomic E-state index is 0.442. The lowest BCUT2D eigenvalue weighted by molar-refractivity contribution is 0.137. The summed E-state index contributed by atoms with van der Waals surface area (Å²) in [6.07, 6.45) is 5.19. The summed E-state index contributed by atoms with van der Waals surface area (Å²) < 4.78 is 7.46. The number of likely N-dealkylation sites (N-methyl/N-ethyl adjacent to an activating group) is 1. The third-order valence-electron chi connectivity index (χ3n) is 3.38. The van der Waals surface area contributed by atoms with Crippen LogP contribution in [0.5, 0.6) is 0 Å². The van der Waals surface area contributed by atoms with E-state index in [0.29, 0.717) is 12.1 Å². The molecule has 2 atom stereocenters. The first-order chi connectivity index (χ1) is 8.71. The number of nitrogens with zero attached hydrogens (tertiary/aromatic N) is 2. The van der Waals surface area contributed by atoms with Crippen molar-refractivity contribution in [3.05, 3.63) is 18.0 Å². The fourth-order valence-electron chi connectivity index (χ4n) is 1.89. The summed E-state index contributed by atoms with van der Waals surface area (Å²) >= 11 is 0. The van der Waals surface area contributed by atoms with Gasteiger partial charge in [0.25, 0.3) is 0 Å². The van der Waals surface area contributed by atoms with Crippen molar-refractivity contribution in [3.63, 3.8) is 0 Å². The summed E-state index contributed by atoms with van der Waals surface area (Å²) in [5.41, 5.74) is 1.16. The van der Waals surface area contributed by atoms with Crippen molar-refractivity contribution in [1.29, 1.82) is 0 Å². The van der Waals surface area contributed by atoms with Gasteiger partial charge in [-0.25, -0.2) is 0 Å². The van der Waals surface area contributed by atoms with Crippen molar-refractivity contribution in [1.82, 2.24) is 15.1 Å². The topological polar surface area (TPSA) is 39.1 Å². The highest BCUT2D eigenvalue weighted by atomic mass is 16.5. The molecule has 0 aromatic carbocycles. The van der Waals surface area contributed by atoms with Gasteiger partial charge < -0.3 is 10.1 Å². The van der Waals surface area contributed by atoms with Gasteiger partial charge in [0.1, 0.15) is 0 Å². The second-order valence-corrected chi connectivity index (χ2v) is 4.72. The van der Waals surface area contributed by atoms with Crippen LogP contribution in [0.3, 0.4) is 0 Å². The number of rotatable bonds is 9. The quantitative estimate of drug-likeness (QED) is 0.687. The van der Waals surface area contributed by atoms with Crippen LogP contribution in [0.25, 0.3) is 0 Å². The third-order valence-corrected chi connectivity index (χ3v) is 3.38. The van der Waals surface area contributed by atoms with Gasteiger partial charge in [-0.05, 0) is 39.8 Å². The first-order valence-corrected chi connectivity index (χ1v) is 7.00. The molecular weight excluding hydrogens is 226 g/mol. The molecule has 1 rings (SSSR count). The molecule has 1 heterocycles. The normalized spacial score (nSPS) is 14.7. The third kappa shape index (κ3) is 4.78. The summed E-state index contributed by atoms with van der Waals surface area (Å²) in [6, 6.07) is 3.05. The van der Waals surface area contributed by atoms with Crippen molar-refractivity contribution < 1.29 is 4.74 Å². The Bertz CT molecular complexity index is 325. The van der Waals surface area contributed by atoms with E-state index in [1.807, 2.05) is 14.0 Å². The maximum atomic E-state index is 5.40. The van der Waals surface area contributed by atoms with Gasteiger partial charge in [-0.1, -0.05) is 6.92 Å². The molecule has 104 valence electrons. The zero-order chi connectivity index (χ0) is 13.4. The molecule has 2 unspecified atom stereocenters. The average Bonchev–Trinajstić information content (AvgIpc) is 2.85. The van der Waals surface area contributed by atoms with E-state index in [2.05, 4.69) is 41.2 Å². The van der Waals surface area contributed by atoms with Gasteiger partial charge >= 0.3 is 0 Å². The molecule has 18 heavy (non-hydrogen) atoms. The molecule has 0 radical (unpaired) electrons. The first kappa shape index (κ1) is 15.2. The maximum Gasteiger partial charge on any atom is 0.0640 e. The van der Waals surface area contributed by atoms with E-state index >= 15 is 0 Å². The highest BCUT2D eigenvalue weighted by Gasteiger charge is 2.10. The van der Waals surface area contributed by atoms with Gasteiger partial charge in [-0.2, -0.15) is 5.10 Å². The number of hydrogen-bond acceptors (Lipinski definition) is 3. The molecule has 1 aromatic heterocycles. The highest BCUT2D eigenvalue weighted by molar-refractivity contribution is 5.02. The lowest BCUT2D eigenvalue weighted by Gasteiger charge is -2.14. The minimum Gasteiger partial charge on any atom is -0.382 e. The molecule has 0 bridgehead atoms. The average molecular weight is 253 g/mol. The molecule has 0 amide bonds. The zero-order valence-electron chi connectivity index (χ0n) is 12.1. The minimum absolute atomic E-state index is 0.442. The molecule has 0 spiro atoms. The van der Waals surface area contributed by atoms with Crippen LogP contribution in [0.1, 0.15) is 45.3 Å². The Morgan fingerprint density at radius 3 is 2.83 bits per heavy atom. The fraction of sp³-hybridized carbons (Fsp3) is 0.786. The van der Waals surface area contributed by atoms with Crippen molar-refractivity contribution >= 4 is 0 Å². The van der Waals surface area contributed by atoms with Crippen LogP contribution in [0.2, 0.25) is 0 Å². The van der Waals surface area contributed by atoms with Crippen molar-refractivity contribution in [2.45, 2.75) is 52.1 Å². The van der Waals surface area contributed by atoms with E-state index in [9.17, 15) is 0 Å². The summed E-state index contributed by atoms with van der Waals surface area (Å²) in [5.74, 6) is 0. The van der Waals surface area contributed by atoms with Crippen LogP contribution in [0.4, 0.5) is 0 Å². The summed E-state index contributed by atoms with van der Waals surface area (Å²) in [5, 5.41) is 7.97. The molecule has 0 aliphatic rings. The lowest BCUT2D eigenvalue weighted by atomic mass is 10.1. The Kier molecular flexibility index (Phi) is 6.98. The number of nitrogens with one attached hydrogen (secondary N) is 1. The lowest BCUT2D eigenvalue weighted by Crippen LogP contribution is -2.29. The number of hydrogen-bond donors (Lipinski definition) is 1. The molecule has 0 saturated carbocycles. The standard InChI is InChI=1S/C14H27N3O/c1-5-12(3)17-9-7-14(16-17)11-13(15-4)8-10-18-6-2/h7,9,12-13,15H,5-6,8,10-11H2,1-4H3. The SMILES string of the molecule is CCOCCC(Cc1ccn(C(C)CC)n1)NC. The number of ether oxygens (including phenoxy) is 1. The van der Waals surface area contributed by atoms with Crippen LogP contribution in [-0.2, 0) is 11.2 Å². The van der Waals surface area contributed by atoms with Gasteiger partial charge in [0.2, 0.25) is 0 Å². The predicted octanol–water partition coefficient (Wildman–Crippen LogP) is 2.41. The summed E-state index contributed by atoms with van der Waals surface area (Å²) in [7, 11) is 2.00. The molecule has 4 heteroatoms. The molecule has 1 N–H and O–H groups in total. The van der Waals surface area contributed by atoms with Crippen LogP contribution in [0.15, 0.2) is 12.3 Å². The molecule has 1 aromatic rings. The largest absolute Gasteiger partial charge is 0.382 e. The second kappa shape index (κ2) is 8.27. The predicted molar refractivity (Wildman–Crippen MR) is 74.9 cm³/mol. The number of aromatic nitrogens is 2. The Morgan fingerprint density at radius 1 is 1.44 bits per heavy atom. The van der Waals surface area contributed by atoms with Crippen molar-refractivity contribution in [2.24, 2.45) is 0 Å². The summed E-state index contributed by atoms with van der Waals surface area (Å²) in [6.45, 7) is 8.02. The second-order valence-electron chi connectivity index (χ2n) is 4.72. The monoisotopic (exact) mass is 253 g/mol. The Hall–Kier alpha value is -0.870. The van der Waals surface area contributed by atoms with Gasteiger partial charge in [0.15, 0.2) is 0 Å². The molecule has 0 aliphatic carbocycles. The van der Waals surface area contributed by atoms with Gasteiger partial charge in [0, 0.05) is 37.9 Å². The molecular formula is C14H27N3O.